The van der Waals surface area contributed by atoms with E-state index in [1.165, 1.54) is 0 Å². The molecule has 0 saturated heterocycles. The van der Waals surface area contributed by atoms with Crippen molar-refractivity contribution in [1.29, 1.82) is 5.41 Å². The molecule has 0 unspecified atom stereocenters. The Balaban J connectivity index is 2.91. The lowest BCUT2D eigenvalue weighted by molar-refractivity contribution is 1.20. The van der Waals surface area contributed by atoms with E-state index >= 15 is 0 Å². The van der Waals surface area contributed by atoms with E-state index < -0.39 is 0 Å². The molecule has 2 N–H and O–H groups in total. The average Bonchev–Trinajstić information content (AvgIpc) is 2.34. The number of nitrogens with one attached hydrogen (secondary N) is 2. The monoisotopic (exact) mass is 159 g/mol. The second kappa shape index (κ2) is 3.39. The zero-order chi connectivity index (χ0) is 9.14. The summed E-state index contributed by atoms with van der Waals surface area (Å²) in [5, 5.41) is 7.04. The lowest BCUT2D eigenvalue weighted by atomic mass is 9.99. The van der Waals surface area contributed by atoms with Crippen molar-refractivity contribution in [1.82, 2.24) is 9.97 Å². The molecule has 0 aliphatic heterocycles. The van der Waals surface area contributed by atoms with E-state index in [4.69, 9.17) is 13.3 Å². The molecule has 3 nitrogen and oxygen atoms in total. The number of hydrogen-bond acceptors (Lipinski definition) is 2. The summed E-state index contributed by atoms with van der Waals surface area (Å²) in [5.41, 5.74) is 1.92. The van der Waals surface area contributed by atoms with Crippen molar-refractivity contribution in [2.45, 2.75) is 13.8 Å². The van der Waals surface area contributed by atoms with Gasteiger partial charge in [-0.15, -0.1) is 0 Å². The molecule has 0 aliphatic carbocycles. The molecule has 0 saturated carbocycles. The number of nitrogens with zero attached hydrogens (tertiary/aromatic N) is 1. The maximum absolute atomic E-state index is 7.04. The summed E-state index contributed by atoms with van der Waals surface area (Å²) in [6, 6.07) is 0. The second-order valence-corrected chi connectivity index (χ2v) is 2.70. The number of imidazole rings is 1. The molecule has 1 heterocycles. The first-order valence-corrected chi connectivity index (χ1v) is 3.64. The van der Waals surface area contributed by atoms with Crippen LogP contribution in [0.5, 0.6) is 0 Å². The van der Waals surface area contributed by atoms with Crippen LogP contribution < -0.4 is 0 Å². The van der Waals surface area contributed by atoms with Crippen LogP contribution in [0.3, 0.4) is 0 Å². The molecule has 4 heteroatoms. The van der Waals surface area contributed by atoms with Crippen LogP contribution >= 0.6 is 0 Å². The van der Waals surface area contributed by atoms with Crippen LogP contribution in [0.1, 0.15) is 18.4 Å². The molecular formula is C8H10BN3. The Kier molecular flexibility index (Phi) is 2.48. The number of H-pyrrole nitrogens is 1. The Bertz CT molecular complexity index is 325. The Hall–Kier alpha value is -1.32. The molecule has 2 radical (unpaired) electrons. The van der Waals surface area contributed by atoms with Gasteiger partial charge in [-0.2, -0.15) is 0 Å². The van der Waals surface area contributed by atoms with E-state index in [2.05, 4.69) is 9.97 Å². The Morgan fingerprint density at radius 3 is 2.83 bits per heavy atom. The topological polar surface area (TPSA) is 52.5 Å². The fraction of sp³-hybridized carbons (Fsp3) is 0.250. The third-order valence-corrected chi connectivity index (χ3v) is 1.45. The van der Waals surface area contributed by atoms with Crippen molar-refractivity contribution in [3.8, 4) is 0 Å². The Morgan fingerprint density at radius 1 is 1.75 bits per heavy atom. The van der Waals surface area contributed by atoms with Gasteiger partial charge in [-0.05, 0) is 31.1 Å². The Labute approximate surface area is 72.8 Å². The molecule has 0 spiro atoms. The van der Waals surface area contributed by atoms with E-state index in [0.717, 1.165) is 17.1 Å². The standard InChI is InChI=1S/C8H10BN3/c1-5(3-7(9)10)8-11-4-6(2)12-8/h3-4,10H,1-2H3,(H,11,12)/b5-3-,10-7?. The molecular weight excluding hydrogens is 149 g/mol. The summed E-state index contributed by atoms with van der Waals surface area (Å²) in [6.07, 6.45) is 3.31. The summed E-state index contributed by atoms with van der Waals surface area (Å²) in [4.78, 5) is 7.14. The third-order valence-electron chi connectivity index (χ3n) is 1.45. The van der Waals surface area contributed by atoms with Crippen LogP contribution in [0.2, 0.25) is 0 Å². The van der Waals surface area contributed by atoms with Gasteiger partial charge in [-0.1, -0.05) is 0 Å². The van der Waals surface area contributed by atoms with Crippen LogP contribution in [0.25, 0.3) is 5.57 Å². The lowest BCUT2D eigenvalue weighted by Crippen LogP contribution is -1.91. The van der Waals surface area contributed by atoms with Crippen molar-refractivity contribution in [3.05, 3.63) is 23.8 Å². The van der Waals surface area contributed by atoms with Gasteiger partial charge in [0.25, 0.3) is 0 Å². The smallest absolute Gasteiger partial charge is 0.140 e. The van der Waals surface area contributed by atoms with Gasteiger partial charge in [-0.25, -0.2) is 4.98 Å². The maximum Gasteiger partial charge on any atom is 0.140 e. The SMILES string of the molecule is [B]C(=N)/C=C(/C)c1ncc(C)[nH]1. The largest absolute Gasteiger partial charge is 0.342 e. The predicted molar refractivity (Wildman–Crippen MR) is 50.5 cm³/mol. The Morgan fingerprint density at radius 2 is 2.42 bits per heavy atom. The number of aromatic nitrogens is 2. The first-order valence-electron chi connectivity index (χ1n) is 3.64. The number of aromatic amines is 1. The van der Waals surface area contributed by atoms with Crippen LogP contribution in [-0.2, 0) is 0 Å². The highest BCUT2D eigenvalue weighted by molar-refractivity contribution is 6.62. The van der Waals surface area contributed by atoms with Crippen LogP contribution in [0.15, 0.2) is 12.3 Å². The number of rotatable bonds is 2. The molecule has 0 atom stereocenters. The van der Waals surface area contributed by atoms with Crippen LogP contribution in [0.4, 0.5) is 0 Å². The van der Waals surface area contributed by atoms with Crippen molar-refractivity contribution in [3.63, 3.8) is 0 Å². The van der Waals surface area contributed by atoms with Crippen LogP contribution in [-0.4, -0.2) is 23.4 Å². The molecule has 1 aromatic heterocycles. The highest BCUT2D eigenvalue weighted by atomic mass is 14.9. The maximum atomic E-state index is 7.04. The fourth-order valence-electron chi connectivity index (χ4n) is 0.915. The minimum atomic E-state index is 0.0431. The number of aryl methyl sites for hydroxylation is 1. The minimum Gasteiger partial charge on any atom is -0.342 e. The first kappa shape index (κ1) is 8.78. The molecule has 1 aromatic rings. The molecule has 0 bridgehead atoms. The molecule has 0 aromatic carbocycles. The van der Waals surface area contributed by atoms with E-state index in [1.807, 2.05) is 13.8 Å². The van der Waals surface area contributed by atoms with Gasteiger partial charge in [-0.3, -0.25) is 0 Å². The lowest BCUT2D eigenvalue weighted by Gasteiger charge is -1.94. The molecule has 12 heavy (non-hydrogen) atoms. The molecule has 60 valence electrons. The summed E-state index contributed by atoms with van der Waals surface area (Å²) >= 11 is 0. The zero-order valence-corrected chi connectivity index (χ0v) is 7.18. The van der Waals surface area contributed by atoms with Gasteiger partial charge in [0.1, 0.15) is 13.7 Å². The molecule has 0 aliphatic rings. The predicted octanol–water partition coefficient (Wildman–Crippen LogP) is 1.27. The summed E-state index contributed by atoms with van der Waals surface area (Å²) in [7, 11) is 5.20. The second-order valence-electron chi connectivity index (χ2n) is 2.70. The van der Waals surface area contributed by atoms with Gasteiger partial charge in [0.05, 0.1) is 0 Å². The normalized spacial score (nSPS) is 11.7. The quantitative estimate of drug-likeness (QED) is 0.495. The summed E-state index contributed by atoms with van der Waals surface area (Å²) in [6.45, 7) is 3.79. The van der Waals surface area contributed by atoms with Gasteiger partial charge >= 0.3 is 0 Å². The fourth-order valence-corrected chi connectivity index (χ4v) is 0.915. The highest BCUT2D eigenvalue weighted by Crippen LogP contribution is 2.08. The molecule has 1 rings (SSSR count). The summed E-state index contributed by atoms with van der Waals surface area (Å²) in [5.74, 6) is 0.766. The van der Waals surface area contributed by atoms with Crippen LogP contribution in [0, 0.1) is 12.3 Å². The molecule has 0 fully saturated rings. The molecule has 0 amide bonds. The third kappa shape index (κ3) is 2.08. The van der Waals surface area contributed by atoms with E-state index in [0.29, 0.717) is 0 Å². The highest BCUT2D eigenvalue weighted by Gasteiger charge is 1.98. The minimum absolute atomic E-state index is 0.0431. The first-order chi connectivity index (χ1) is 5.59. The van der Waals surface area contributed by atoms with Gasteiger partial charge in [0, 0.05) is 11.9 Å². The van der Waals surface area contributed by atoms with E-state index in [1.54, 1.807) is 12.3 Å². The number of allylic oxidation sites excluding steroid dienone is 2. The summed E-state index contributed by atoms with van der Waals surface area (Å²) < 4.78 is 0. The van der Waals surface area contributed by atoms with Crippen molar-refractivity contribution in [2.24, 2.45) is 0 Å². The van der Waals surface area contributed by atoms with Gasteiger partial charge in [0.2, 0.25) is 0 Å². The average molecular weight is 159 g/mol. The number of hydrogen-bond donors (Lipinski definition) is 2. The van der Waals surface area contributed by atoms with E-state index in [9.17, 15) is 0 Å². The van der Waals surface area contributed by atoms with Crippen molar-refractivity contribution in [2.75, 3.05) is 0 Å². The van der Waals surface area contributed by atoms with E-state index in [-0.39, 0.29) is 5.61 Å². The zero-order valence-electron chi connectivity index (χ0n) is 7.18. The van der Waals surface area contributed by atoms with Crippen molar-refractivity contribution < 1.29 is 0 Å². The van der Waals surface area contributed by atoms with Gasteiger partial charge in [0.15, 0.2) is 0 Å². The van der Waals surface area contributed by atoms with Gasteiger partial charge < -0.3 is 10.4 Å². The van der Waals surface area contributed by atoms with Crippen molar-refractivity contribution >= 4 is 19.0 Å².